The first-order valence-electron chi connectivity index (χ1n) is 6.36. The van der Waals surface area contributed by atoms with E-state index in [-0.39, 0.29) is 17.8 Å². The van der Waals surface area contributed by atoms with Gasteiger partial charge in [0, 0.05) is 11.3 Å². The Morgan fingerprint density at radius 2 is 1.90 bits per heavy atom. The number of Topliss-reactive ketones (excluding diaryl/α,β-unsaturated/α-hetero) is 1. The molecule has 0 radical (unpaired) electrons. The number of carbonyl (C=O) groups excluding carboxylic acids is 1. The Hall–Kier alpha value is -1.82. The summed E-state index contributed by atoms with van der Waals surface area (Å²) in [4.78, 5) is 13.2. The maximum atomic E-state index is 12.3. The molecule has 112 valence electrons. The van der Waals surface area contributed by atoms with Crippen molar-refractivity contribution < 1.29 is 22.7 Å². The number of ether oxygens (including phenoxy) is 1. The van der Waals surface area contributed by atoms with E-state index in [1.54, 1.807) is 11.3 Å². The number of ketones is 1. The number of para-hydroxylation sites is 1. The van der Waals surface area contributed by atoms with Crippen molar-refractivity contribution in [1.29, 1.82) is 0 Å². The van der Waals surface area contributed by atoms with Gasteiger partial charge in [0.15, 0.2) is 5.78 Å². The van der Waals surface area contributed by atoms with Crippen LogP contribution in [0.1, 0.15) is 28.1 Å². The molecule has 1 aromatic heterocycles. The van der Waals surface area contributed by atoms with E-state index in [2.05, 4.69) is 4.74 Å². The summed E-state index contributed by atoms with van der Waals surface area (Å²) in [5, 5.41) is 1.95. The number of halogens is 3. The SMILES string of the molecule is O=C(CCCc1cccs1)c1ccccc1OC(F)(F)F. The Labute approximate surface area is 124 Å². The maximum Gasteiger partial charge on any atom is 0.573 e. The highest BCUT2D eigenvalue weighted by molar-refractivity contribution is 7.09. The number of hydrogen-bond acceptors (Lipinski definition) is 3. The molecule has 0 spiro atoms. The van der Waals surface area contributed by atoms with Crippen LogP contribution in [0.2, 0.25) is 0 Å². The first kappa shape index (κ1) is 15.6. The summed E-state index contributed by atoms with van der Waals surface area (Å²) in [6, 6.07) is 9.33. The van der Waals surface area contributed by atoms with Crippen LogP contribution in [0.3, 0.4) is 0 Å². The largest absolute Gasteiger partial charge is 0.573 e. The van der Waals surface area contributed by atoms with Crippen LogP contribution in [-0.2, 0) is 6.42 Å². The molecule has 6 heteroatoms. The Morgan fingerprint density at radius 3 is 2.57 bits per heavy atom. The van der Waals surface area contributed by atoms with E-state index < -0.39 is 12.1 Å². The van der Waals surface area contributed by atoms with Crippen LogP contribution >= 0.6 is 11.3 Å². The molecule has 0 saturated heterocycles. The molecule has 0 atom stereocenters. The van der Waals surface area contributed by atoms with E-state index in [9.17, 15) is 18.0 Å². The lowest BCUT2D eigenvalue weighted by atomic mass is 10.0. The first-order valence-corrected chi connectivity index (χ1v) is 7.24. The second-order valence-corrected chi connectivity index (χ2v) is 5.43. The molecular weight excluding hydrogens is 301 g/mol. The normalized spacial score (nSPS) is 11.4. The Bertz CT molecular complexity index is 591. The molecule has 0 aliphatic rings. The van der Waals surface area contributed by atoms with Crippen molar-refractivity contribution >= 4 is 17.1 Å². The van der Waals surface area contributed by atoms with Gasteiger partial charge in [-0.05, 0) is 36.4 Å². The first-order chi connectivity index (χ1) is 9.96. The van der Waals surface area contributed by atoms with E-state index in [4.69, 9.17) is 0 Å². The molecule has 2 rings (SSSR count). The quantitative estimate of drug-likeness (QED) is 0.712. The van der Waals surface area contributed by atoms with Crippen LogP contribution in [0.5, 0.6) is 5.75 Å². The van der Waals surface area contributed by atoms with Crippen molar-refractivity contribution in [1.82, 2.24) is 0 Å². The maximum absolute atomic E-state index is 12.3. The molecule has 1 heterocycles. The van der Waals surface area contributed by atoms with Gasteiger partial charge in [-0.2, -0.15) is 0 Å². The number of alkyl halides is 3. The third-order valence-corrected chi connectivity index (χ3v) is 3.76. The molecular formula is C15H13F3O2S. The Balaban J connectivity index is 1.98. The molecule has 0 aliphatic carbocycles. The highest BCUT2D eigenvalue weighted by Gasteiger charge is 2.32. The molecule has 0 unspecified atom stereocenters. The van der Waals surface area contributed by atoms with Crippen LogP contribution in [0.4, 0.5) is 13.2 Å². The average molecular weight is 314 g/mol. The van der Waals surface area contributed by atoms with E-state index in [1.165, 1.54) is 18.2 Å². The monoisotopic (exact) mass is 314 g/mol. The minimum atomic E-state index is -4.80. The van der Waals surface area contributed by atoms with E-state index in [0.717, 1.165) is 17.4 Å². The molecule has 0 saturated carbocycles. The van der Waals surface area contributed by atoms with Gasteiger partial charge in [-0.15, -0.1) is 24.5 Å². The van der Waals surface area contributed by atoms with Gasteiger partial charge in [-0.1, -0.05) is 18.2 Å². The third kappa shape index (κ3) is 4.90. The van der Waals surface area contributed by atoms with Gasteiger partial charge in [-0.25, -0.2) is 0 Å². The highest BCUT2D eigenvalue weighted by atomic mass is 32.1. The van der Waals surface area contributed by atoms with Gasteiger partial charge in [0.05, 0.1) is 5.56 Å². The molecule has 2 nitrogen and oxygen atoms in total. The van der Waals surface area contributed by atoms with Crippen molar-refractivity contribution in [3.63, 3.8) is 0 Å². The second kappa shape index (κ2) is 6.76. The number of carbonyl (C=O) groups is 1. The molecule has 0 bridgehead atoms. The molecule has 0 N–H and O–H groups in total. The number of benzene rings is 1. The fourth-order valence-electron chi connectivity index (χ4n) is 1.92. The van der Waals surface area contributed by atoms with Crippen molar-refractivity contribution in [2.75, 3.05) is 0 Å². The number of aryl methyl sites for hydroxylation is 1. The fourth-order valence-corrected chi connectivity index (χ4v) is 2.67. The van der Waals surface area contributed by atoms with E-state index >= 15 is 0 Å². The smallest absolute Gasteiger partial charge is 0.405 e. The van der Waals surface area contributed by atoms with Gasteiger partial charge < -0.3 is 4.74 Å². The van der Waals surface area contributed by atoms with Crippen LogP contribution in [0.25, 0.3) is 0 Å². The topological polar surface area (TPSA) is 26.3 Å². The minimum Gasteiger partial charge on any atom is -0.405 e. The molecule has 1 aromatic carbocycles. The summed E-state index contributed by atoms with van der Waals surface area (Å²) in [5.41, 5.74) is -0.0268. The summed E-state index contributed by atoms with van der Waals surface area (Å²) in [5.74, 6) is -0.780. The minimum absolute atomic E-state index is 0.0268. The van der Waals surface area contributed by atoms with Crippen LogP contribution < -0.4 is 4.74 Å². The number of rotatable bonds is 6. The summed E-state index contributed by atoms with van der Waals surface area (Å²) in [6.07, 6.45) is -3.27. The van der Waals surface area contributed by atoms with Gasteiger partial charge >= 0.3 is 6.36 Å². The molecule has 21 heavy (non-hydrogen) atoms. The standard InChI is InChI=1S/C15H13F3O2S/c16-15(17,18)20-14-9-2-1-7-12(14)13(19)8-3-5-11-6-4-10-21-11/h1-2,4,6-7,9-10H,3,5,8H2. The van der Waals surface area contributed by atoms with Gasteiger partial charge in [-0.3, -0.25) is 4.79 Å². The van der Waals surface area contributed by atoms with Crippen molar-refractivity contribution in [3.05, 3.63) is 52.2 Å². The number of thiophene rings is 1. The Kier molecular flexibility index (Phi) is 5.01. The molecule has 0 amide bonds. The highest BCUT2D eigenvalue weighted by Crippen LogP contribution is 2.27. The second-order valence-electron chi connectivity index (χ2n) is 4.40. The lowest BCUT2D eigenvalue weighted by Gasteiger charge is -2.12. The van der Waals surface area contributed by atoms with Gasteiger partial charge in [0.1, 0.15) is 5.75 Å². The van der Waals surface area contributed by atoms with Crippen molar-refractivity contribution in [3.8, 4) is 5.75 Å². The summed E-state index contributed by atoms with van der Waals surface area (Å²) in [6.45, 7) is 0. The predicted octanol–water partition coefficient (Wildman–Crippen LogP) is 4.85. The van der Waals surface area contributed by atoms with Crippen LogP contribution in [-0.4, -0.2) is 12.1 Å². The lowest BCUT2D eigenvalue weighted by Crippen LogP contribution is -2.19. The zero-order chi connectivity index (χ0) is 15.3. The van der Waals surface area contributed by atoms with Gasteiger partial charge in [0.25, 0.3) is 0 Å². The Morgan fingerprint density at radius 1 is 1.14 bits per heavy atom. The van der Waals surface area contributed by atoms with Gasteiger partial charge in [0.2, 0.25) is 0 Å². The summed E-state index contributed by atoms with van der Waals surface area (Å²) < 4.78 is 40.8. The van der Waals surface area contributed by atoms with Crippen molar-refractivity contribution in [2.24, 2.45) is 0 Å². The average Bonchev–Trinajstić information content (AvgIpc) is 2.90. The molecule has 0 aliphatic heterocycles. The lowest BCUT2D eigenvalue weighted by molar-refractivity contribution is -0.274. The zero-order valence-corrected chi connectivity index (χ0v) is 11.8. The molecule has 2 aromatic rings. The summed E-state index contributed by atoms with van der Waals surface area (Å²) >= 11 is 1.60. The van der Waals surface area contributed by atoms with Crippen LogP contribution in [0.15, 0.2) is 41.8 Å². The zero-order valence-electron chi connectivity index (χ0n) is 11.0. The summed E-state index contributed by atoms with van der Waals surface area (Å²) in [7, 11) is 0. The van der Waals surface area contributed by atoms with E-state index in [1.807, 2.05) is 17.5 Å². The van der Waals surface area contributed by atoms with Crippen LogP contribution in [0, 0.1) is 0 Å². The number of hydrogen-bond donors (Lipinski definition) is 0. The fraction of sp³-hybridized carbons (Fsp3) is 0.267. The predicted molar refractivity (Wildman–Crippen MR) is 74.7 cm³/mol. The molecule has 0 fully saturated rings. The third-order valence-electron chi connectivity index (χ3n) is 2.82. The van der Waals surface area contributed by atoms with E-state index in [0.29, 0.717) is 6.42 Å². The van der Waals surface area contributed by atoms with Crippen molar-refractivity contribution in [2.45, 2.75) is 25.6 Å².